The fourth-order valence-corrected chi connectivity index (χ4v) is 3.52. The van der Waals surface area contributed by atoms with E-state index in [1.807, 2.05) is 61.0 Å². The van der Waals surface area contributed by atoms with Crippen molar-refractivity contribution < 1.29 is 9.53 Å². The molecule has 0 fully saturated rings. The number of hydrogen-bond donors (Lipinski definition) is 1. The van der Waals surface area contributed by atoms with Crippen LogP contribution in [-0.4, -0.2) is 25.5 Å². The number of carbonyl (C=O) groups excluding carboxylic acids is 1. The highest BCUT2D eigenvalue weighted by Crippen LogP contribution is 2.23. The molecule has 2 aromatic heterocycles. The zero-order valence-electron chi connectivity index (χ0n) is 17.2. The summed E-state index contributed by atoms with van der Waals surface area (Å²) in [5.74, 6) is 0.289. The molecule has 2 aromatic carbocycles. The Morgan fingerprint density at radius 1 is 1.06 bits per heavy atom. The summed E-state index contributed by atoms with van der Waals surface area (Å²) in [4.78, 5) is 12.8. The zero-order valence-corrected chi connectivity index (χ0v) is 18.0. The predicted octanol–water partition coefficient (Wildman–Crippen LogP) is 4.31. The van der Waals surface area contributed by atoms with E-state index in [9.17, 15) is 4.79 Å². The number of aryl methyl sites for hydroxylation is 1. The Morgan fingerprint density at radius 2 is 1.81 bits per heavy atom. The highest BCUT2D eigenvalue weighted by atomic mass is 35.5. The van der Waals surface area contributed by atoms with Gasteiger partial charge in [0.25, 0.3) is 5.91 Å². The van der Waals surface area contributed by atoms with Gasteiger partial charge in [0.15, 0.2) is 6.73 Å². The average Bonchev–Trinajstić information content (AvgIpc) is 3.36. The standard InChI is InChI=1S/C23H22ClN5O2/c1-16-19(17(2)29(27-16)18-8-4-3-5-9-18)14-25-23(30)21-12-13-26-28(21)15-31-22-11-7-6-10-20(22)24/h3-13H,14-15H2,1-2H3,(H,25,30). The zero-order chi connectivity index (χ0) is 21.8. The van der Waals surface area contributed by atoms with Gasteiger partial charge < -0.3 is 10.1 Å². The molecule has 31 heavy (non-hydrogen) atoms. The first-order chi connectivity index (χ1) is 15.0. The molecule has 158 valence electrons. The van der Waals surface area contributed by atoms with Gasteiger partial charge in [-0.1, -0.05) is 41.9 Å². The van der Waals surface area contributed by atoms with Gasteiger partial charge in [0.05, 0.1) is 16.4 Å². The molecule has 0 saturated heterocycles. The molecule has 8 heteroatoms. The number of hydrogen-bond acceptors (Lipinski definition) is 4. The molecule has 2 heterocycles. The fraction of sp³-hybridized carbons (Fsp3) is 0.174. The summed E-state index contributed by atoms with van der Waals surface area (Å²) < 4.78 is 9.08. The summed E-state index contributed by atoms with van der Waals surface area (Å²) in [5.41, 5.74) is 4.22. The molecule has 1 amide bonds. The molecule has 0 saturated carbocycles. The van der Waals surface area contributed by atoms with Gasteiger partial charge in [-0.05, 0) is 44.2 Å². The van der Waals surface area contributed by atoms with Crippen molar-refractivity contribution in [1.29, 1.82) is 0 Å². The fourth-order valence-electron chi connectivity index (χ4n) is 3.33. The van der Waals surface area contributed by atoms with Crippen LogP contribution in [-0.2, 0) is 13.3 Å². The maximum atomic E-state index is 12.8. The van der Waals surface area contributed by atoms with Crippen LogP contribution in [0.4, 0.5) is 0 Å². The highest BCUT2D eigenvalue weighted by Gasteiger charge is 2.16. The first kappa shape index (κ1) is 20.7. The lowest BCUT2D eigenvalue weighted by molar-refractivity contribution is 0.0929. The van der Waals surface area contributed by atoms with E-state index in [1.165, 1.54) is 4.68 Å². The van der Waals surface area contributed by atoms with Crippen LogP contribution < -0.4 is 10.1 Å². The Morgan fingerprint density at radius 3 is 2.58 bits per heavy atom. The van der Waals surface area contributed by atoms with Gasteiger partial charge in [0.2, 0.25) is 0 Å². The molecule has 7 nitrogen and oxygen atoms in total. The minimum Gasteiger partial charge on any atom is -0.470 e. The smallest absolute Gasteiger partial charge is 0.269 e. The van der Waals surface area contributed by atoms with Crippen LogP contribution in [0.5, 0.6) is 5.75 Å². The van der Waals surface area contributed by atoms with E-state index in [2.05, 4.69) is 15.5 Å². The number of benzene rings is 2. The molecule has 0 aliphatic heterocycles. The number of aromatic nitrogens is 4. The highest BCUT2D eigenvalue weighted by molar-refractivity contribution is 6.32. The summed E-state index contributed by atoms with van der Waals surface area (Å²) in [7, 11) is 0. The second-order valence-corrected chi connectivity index (χ2v) is 7.41. The topological polar surface area (TPSA) is 74.0 Å². The van der Waals surface area contributed by atoms with Crippen molar-refractivity contribution in [1.82, 2.24) is 24.9 Å². The summed E-state index contributed by atoms with van der Waals surface area (Å²) in [6, 6.07) is 18.7. The van der Waals surface area contributed by atoms with E-state index in [0.29, 0.717) is 23.0 Å². The van der Waals surface area contributed by atoms with Gasteiger partial charge in [0.1, 0.15) is 11.4 Å². The second kappa shape index (κ2) is 9.06. The van der Waals surface area contributed by atoms with Gasteiger partial charge >= 0.3 is 0 Å². The quantitative estimate of drug-likeness (QED) is 0.469. The van der Waals surface area contributed by atoms with E-state index in [0.717, 1.165) is 22.6 Å². The Kier molecular flexibility index (Phi) is 6.04. The van der Waals surface area contributed by atoms with Crippen molar-refractivity contribution in [3.63, 3.8) is 0 Å². The lowest BCUT2D eigenvalue weighted by Crippen LogP contribution is -2.27. The van der Waals surface area contributed by atoms with Crippen molar-refractivity contribution in [2.75, 3.05) is 0 Å². The SMILES string of the molecule is Cc1nn(-c2ccccc2)c(C)c1CNC(=O)c1ccnn1COc1ccccc1Cl. The third kappa shape index (κ3) is 4.46. The number of nitrogens with zero attached hydrogens (tertiary/aromatic N) is 4. The van der Waals surface area contributed by atoms with Gasteiger partial charge in [-0.15, -0.1) is 0 Å². The Bertz CT molecular complexity index is 1200. The van der Waals surface area contributed by atoms with Crippen LogP contribution in [0.2, 0.25) is 5.02 Å². The van der Waals surface area contributed by atoms with E-state index >= 15 is 0 Å². The van der Waals surface area contributed by atoms with Crippen molar-refractivity contribution >= 4 is 17.5 Å². The first-order valence-electron chi connectivity index (χ1n) is 9.82. The monoisotopic (exact) mass is 435 g/mol. The number of ether oxygens (including phenoxy) is 1. The Balaban J connectivity index is 1.44. The number of halogens is 1. The summed E-state index contributed by atoms with van der Waals surface area (Å²) in [6.45, 7) is 4.37. The number of amides is 1. The molecule has 4 aromatic rings. The van der Waals surface area contributed by atoms with Crippen molar-refractivity contribution in [3.8, 4) is 11.4 Å². The lowest BCUT2D eigenvalue weighted by atomic mass is 10.2. The van der Waals surface area contributed by atoms with Crippen LogP contribution in [0.3, 0.4) is 0 Å². The van der Waals surface area contributed by atoms with Crippen LogP contribution in [0, 0.1) is 13.8 Å². The molecule has 1 N–H and O–H groups in total. The van der Waals surface area contributed by atoms with Gasteiger partial charge in [0, 0.05) is 24.0 Å². The van der Waals surface area contributed by atoms with Gasteiger partial charge in [-0.25, -0.2) is 9.36 Å². The van der Waals surface area contributed by atoms with Gasteiger partial charge in [-0.2, -0.15) is 10.2 Å². The molecule has 0 spiro atoms. The Labute approximate surface area is 185 Å². The number of para-hydroxylation sites is 2. The normalized spacial score (nSPS) is 10.8. The van der Waals surface area contributed by atoms with Crippen LogP contribution in [0.25, 0.3) is 5.69 Å². The van der Waals surface area contributed by atoms with E-state index in [-0.39, 0.29) is 12.6 Å². The molecular formula is C23H22ClN5O2. The van der Waals surface area contributed by atoms with E-state index in [4.69, 9.17) is 16.3 Å². The van der Waals surface area contributed by atoms with Crippen molar-refractivity contribution in [3.05, 3.63) is 94.5 Å². The molecule has 0 unspecified atom stereocenters. The molecule has 0 radical (unpaired) electrons. The Hall–Kier alpha value is -3.58. The summed E-state index contributed by atoms with van der Waals surface area (Å²) >= 11 is 6.12. The molecule has 4 rings (SSSR count). The van der Waals surface area contributed by atoms with E-state index < -0.39 is 0 Å². The second-order valence-electron chi connectivity index (χ2n) is 7.00. The van der Waals surface area contributed by atoms with Crippen LogP contribution in [0.15, 0.2) is 66.9 Å². The first-order valence-corrected chi connectivity index (χ1v) is 10.2. The average molecular weight is 436 g/mol. The predicted molar refractivity (Wildman–Crippen MR) is 119 cm³/mol. The maximum Gasteiger partial charge on any atom is 0.269 e. The van der Waals surface area contributed by atoms with Crippen LogP contribution in [0.1, 0.15) is 27.4 Å². The largest absolute Gasteiger partial charge is 0.470 e. The molecule has 0 aliphatic carbocycles. The van der Waals surface area contributed by atoms with Crippen molar-refractivity contribution in [2.45, 2.75) is 27.1 Å². The van der Waals surface area contributed by atoms with Crippen LogP contribution >= 0.6 is 11.6 Å². The number of rotatable bonds is 7. The molecule has 0 atom stereocenters. The lowest BCUT2D eigenvalue weighted by Gasteiger charge is -2.11. The van der Waals surface area contributed by atoms with Gasteiger partial charge in [-0.3, -0.25) is 4.79 Å². The summed E-state index contributed by atoms with van der Waals surface area (Å²) in [5, 5.41) is 12.3. The molecule has 0 aliphatic rings. The minimum absolute atomic E-state index is 0.0729. The van der Waals surface area contributed by atoms with Crippen molar-refractivity contribution in [2.24, 2.45) is 0 Å². The molecular weight excluding hydrogens is 414 g/mol. The van der Waals surface area contributed by atoms with E-state index in [1.54, 1.807) is 24.4 Å². The minimum atomic E-state index is -0.244. The summed E-state index contributed by atoms with van der Waals surface area (Å²) in [6.07, 6.45) is 1.56. The maximum absolute atomic E-state index is 12.8. The molecule has 0 bridgehead atoms. The number of carbonyl (C=O) groups is 1. The third-order valence-electron chi connectivity index (χ3n) is 5.00. The third-order valence-corrected chi connectivity index (χ3v) is 5.31. The number of nitrogens with one attached hydrogen (secondary N) is 1.